The second-order valence-corrected chi connectivity index (χ2v) is 6.33. The number of benzene rings is 1. The summed E-state index contributed by atoms with van der Waals surface area (Å²) in [6.07, 6.45) is 8.28. The van der Waals surface area contributed by atoms with E-state index in [1.165, 1.54) is 50.8 Å². The number of anilines is 2. The Hall–Kier alpha value is -1.87. The van der Waals surface area contributed by atoms with Gasteiger partial charge in [-0.1, -0.05) is 44.0 Å². The van der Waals surface area contributed by atoms with Gasteiger partial charge in [0.05, 0.1) is 0 Å². The molecule has 0 bridgehead atoms. The van der Waals surface area contributed by atoms with Gasteiger partial charge in [-0.05, 0) is 50.6 Å². The number of aromatic nitrogens is 1. The second-order valence-electron chi connectivity index (χ2n) is 6.33. The minimum atomic E-state index is 0.496. The van der Waals surface area contributed by atoms with Gasteiger partial charge in [-0.3, -0.25) is 4.90 Å². The minimum absolute atomic E-state index is 0.496. The van der Waals surface area contributed by atoms with Gasteiger partial charge in [0.1, 0.15) is 5.82 Å². The summed E-state index contributed by atoms with van der Waals surface area (Å²) in [4.78, 5) is 7.28. The number of likely N-dealkylation sites (tertiary alicyclic amines) is 1. The lowest BCUT2D eigenvalue weighted by molar-refractivity contribution is 0.147. The van der Waals surface area contributed by atoms with Crippen LogP contribution < -0.4 is 5.32 Å². The highest BCUT2D eigenvalue weighted by Crippen LogP contribution is 2.35. The molecule has 1 fully saturated rings. The Morgan fingerprint density at radius 2 is 2.00 bits per heavy atom. The summed E-state index contributed by atoms with van der Waals surface area (Å²) in [6.45, 7) is 4.68. The molecular weight excluding hydrogens is 282 g/mol. The number of hydrogen-bond donors (Lipinski definition) is 1. The maximum absolute atomic E-state index is 4.63. The monoisotopic (exact) mass is 309 g/mol. The van der Waals surface area contributed by atoms with Gasteiger partial charge in [-0.15, -0.1) is 0 Å². The van der Waals surface area contributed by atoms with Crippen molar-refractivity contribution in [2.45, 2.75) is 45.1 Å². The fraction of sp³-hybridized carbons (Fsp3) is 0.450. The molecule has 1 atom stereocenters. The van der Waals surface area contributed by atoms with E-state index in [1.54, 1.807) is 0 Å². The number of rotatable bonds is 6. The van der Waals surface area contributed by atoms with E-state index in [-0.39, 0.29) is 0 Å². The van der Waals surface area contributed by atoms with Crippen LogP contribution in [0.25, 0.3) is 0 Å². The first-order valence-electron chi connectivity index (χ1n) is 8.89. The van der Waals surface area contributed by atoms with Gasteiger partial charge in [0, 0.05) is 23.5 Å². The standard InChI is InChI=1S/C20H27N3/c1-2-3-15-23-16-8-7-13-19(23)18-12-9-14-21-20(18)22-17-10-5-4-6-11-17/h4-6,9-12,14,19H,2-3,7-8,13,15-16H2,1H3,(H,21,22). The van der Waals surface area contributed by atoms with Crippen LogP contribution in [0.2, 0.25) is 0 Å². The number of piperidine rings is 1. The van der Waals surface area contributed by atoms with Crippen molar-refractivity contribution in [1.29, 1.82) is 0 Å². The van der Waals surface area contributed by atoms with Crippen LogP contribution in [0, 0.1) is 0 Å². The Kier molecular flexibility index (Phi) is 5.65. The molecule has 1 aliphatic rings. The molecule has 0 saturated carbocycles. The largest absolute Gasteiger partial charge is 0.340 e. The van der Waals surface area contributed by atoms with Crippen LogP contribution >= 0.6 is 0 Å². The molecule has 0 amide bonds. The molecule has 23 heavy (non-hydrogen) atoms. The zero-order chi connectivity index (χ0) is 15.9. The summed E-state index contributed by atoms with van der Waals surface area (Å²) in [5.74, 6) is 1.01. The fourth-order valence-corrected chi connectivity index (χ4v) is 3.42. The summed E-state index contributed by atoms with van der Waals surface area (Å²) in [5, 5.41) is 3.51. The highest BCUT2D eigenvalue weighted by atomic mass is 15.2. The van der Waals surface area contributed by atoms with Gasteiger partial charge in [0.15, 0.2) is 0 Å². The average molecular weight is 309 g/mol. The Morgan fingerprint density at radius 3 is 2.83 bits per heavy atom. The van der Waals surface area contributed by atoms with Crippen LogP contribution in [-0.4, -0.2) is 23.0 Å². The third-order valence-electron chi connectivity index (χ3n) is 4.65. The molecule has 1 aliphatic heterocycles. The quantitative estimate of drug-likeness (QED) is 0.799. The summed E-state index contributed by atoms with van der Waals surface area (Å²) in [6, 6.07) is 15.1. The van der Waals surface area contributed by atoms with E-state index in [0.717, 1.165) is 11.5 Å². The first kappa shape index (κ1) is 16.0. The Balaban J connectivity index is 1.83. The van der Waals surface area contributed by atoms with Gasteiger partial charge in [0.2, 0.25) is 0 Å². The van der Waals surface area contributed by atoms with Crippen molar-refractivity contribution in [2.24, 2.45) is 0 Å². The van der Waals surface area contributed by atoms with Crippen molar-refractivity contribution < 1.29 is 0 Å². The summed E-state index contributed by atoms with van der Waals surface area (Å²) in [5.41, 5.74) is 2.44. The van der Waals surface area contributed by atoms with Crippen LogP contribution in [0.4, 0.5) is 11.5 Å². The molecule has 0 spiro atoms. The van der Waals surface area contributed by atoms with Crippen LogP contribution in [0.5, 0.6) is 0 Å². The zero-order valence-corrected chi connectivity index (χ0v) is 14.0. The first-order valence-corrected chi connectivity index (χ1v) is 8.89. The zero-order valence-electron chi connectivity index (χ0n) is 14.0. The predicted octanol–water partition coefficient (Wildman–Crippen LogP) is 5.15. The van der Waals surface area contributed by atoms with Crippen molar-refractivity contribution in [3.05, 3.63) is 54.2 Å². The highest BCUT2D eigenvalue weighted by Gasteiger charge is 2.25. The van der Waals surface area contributed by atoms with E-state index in [4.69, 9.17) is 0 Å². The maximum Gasteiger partial charge on any atom is 0.135 e. The molecule has 2 aromatic rings. The van der Waals surface area contributed by atoms with Crippen molar-refractivity contribution in [3.8, 4) is 0 Å². The average Bonchev–Trinajstić information content (AvgIpc) is 2.62. The van der Waals surface area contributed by atoms with E-state index in [0.29, 0.717) is 6.04 Å². The third kappa shape index (κ3) is 4.11. The van der Waals surface area contributed by atoms with Crippen LogP contribution in [-0.2, 0) is 0 Å². The number of pyridine rings is 1. The van der Waals surface area contributed by atoms with E-state index in [9.17, 15) is 0 Å². The van der Waals surface area contributed by atoms with Crippen LogP contribution in [0.3, 0.4) is 0 Å². The third-order valence-corrected chi connectivity index (χ3v) is 4.65. The first-order chi connectivity index (χ1) is 11.4. The van der Waals surface area contributed by atoms with E-state index >= 15 is 0 Å². The van der Waals surface area contributed by atoms with Crippen molar-refractivity contribution in [3.63, 3.8) is 0 Å². The lowest BCUT2D eigenvalue weighted by Gasteiger charge is -2.36. The normalized spacial score (nSPS) is 18.7. The van der Waals surface area contributed by atoms with Crippen molar-refractivity contribution in [1.82, 2.24) is 9.88 Å². The topological polar surface area (TPSA) is 28.2 Å². The molecule has 3 rings (SSSR count). The molecular formula is C20H27N3. The van der Waals surface area contributed by atoms with E-state index in [2.05, 4.69) is 58.5 Å². The van der Waals surface area contributed by atoms with Gasteiger partial charge in [-0.2, -0.15) is 0 Å². The molecule has 3 heteroatoms. The molecule has 1 aromatic carbocycles. The van der Waals surface area contributed by atoms with Crippen molar-refractivity contribution >= 4 is 11.5 Å². The number of hydrogen-bond acceptors (Lipinski definition) is 3. The molecule has 2 heterocycles. The maximum atomic E-state index is 4.63. The van der Waals surface area contributed by atoms with Gasteiger partial charge >= 0.3 is 0 Å². The van der Waals surface area contributed by atoms with Crippen molar-refractivity contribution in [2.75, 3.05) is 18.4 Å². The molecule has 0 radical (unpaired) electrons. The molecule has 1 N–H and O–H groups in total. The van der Waals surface area contributed by atoms with Gasteiger partial charge in [0.25, 0.3) is 0 Å². The Morgan fingerprint density at radius 1 is 1.13 bits per heavy atom. The molecule has 122 valence electrons. The SMILES string of the molecule is CCCCN1CCCCC1c1cccnc1Nc1ccccc1. The summed E-state index contributed by atoms with van der Waals surface area (Å²) < 4.78 is 0. The Labute approximate surface area is 139 Å². The lowest BCUT2D eigenvalue weighted by atomic mass is 9.95. The number of unbranched alkanes of at least 4 members (excludes halogenated alkanes) is 1. The molecule has 1 unspecified atom stereocenters. The minimum Gasteiger partial charge on any atom is -0.340 e. The number of nitrogens with one attached hydrogen (secondary N) is 1. The van der Waals surface area contributed by atoms with E-state index in [1.807, 2.05) is 12.3 Å². The highest BCUT2D eigenvalue weighted by molar-refractivity contribution is 5.59. The second kappa shape index (κ2) is 8.11. The van der Waals surface area contributed by atoms with Gasteiger partial charge < -0.3 is 5.32 Å². The predicted molar refractivity (Wildman–Crippen MR) is 97.0 cm³/mol. The molecule has 0 aliphatic carbocycles. The Bertz CT molecular complexity index is 597. The number of nitrogens with zero attached hydrogens (tertiary/aromatic N) is 2. The fourth-order valence-electron chi connectivity index (χ4n) is 3.42. The molecule has 1 saturated heterocycles. The van der Waals surface area contributed by atoms with Crippen LogP contribution in [0.1, 0.15) is 50.6 Å². The smallest absolute Gasteiger partial charge is 0.135 e. The van der Waals surface area contributed by atoms with Crippen LogP contribution in [0.15, 0.2) is 48.7 Å². The van der Waals surface area contributed by atoms with E-state index < -0.39 is 0 Å². The molecule has 3 nitrogen and oxygen atoms in total. The number of para-hydroxylation sites is 1. The summed E-state index contributed by atoms with van der Waals surface area (Å²) in [7, 11) is 0. The van der Waals surface area contributed by atoms with Gasteiger partial charge in [-0.25, -0.2) is 4.98 Å². The summed E-state index contributed by atoms with van der Waals surface area (Å²) >= 11 is 0. The molecule has 1 aromatic heterocycles. The lowest BCUT2D eigenvalue weighted by Crippen LogP contribution is -2.34.